The topological polar surface area (TPSA) is 18.5 Å². The van der Waals surface area contributed by atoms with Gasteiger partial charge in [0.15, 0.2) is 0 Å². The van der Waals surface area contributed by atoms with Gasteiger partial charge in [-0.3, -0.25) is 0 Å². The zero-order chi connectivity index (χ0) is 10.7. The van der Waals surface area contributed by atoms with Crippen LogP contribution >= 0.6 is 0 Å². The standard InChI is InChI=1S/C12H25N3/c1-14(2)12-4-3-8-15(10-12)9-7-13-11-5-6-11/h11-13H,3-10H2,1-2H3. The molecule has 0 spiro atoms. The first-order valence-corrected chi connectivity index (χ1v) is 6.38. The Balaban J connectivity index is 1.62. The number of nitrogens with one attached hydrogen (secondary N) is 1. The molecule has 1 aliphatic carbocycles. The molecule has 3 nitrogen and oxygen atoms in total. The molecule has 2 aliphatic rings. The first-order chi connectivity index (χ1) is 7.25. The number of nitrogens with zero attached hydrogens (tertiary/aromatic N) is 2. The molecule has 1 saturated carbocycles. The third kappa shape index (κ3) is 3.74. The molecule has 15 heavy (non-hydrogen) atoms. The Bertz CT molecular complexity index is 189. The molecular weight excluding hydrogens is 186 g/mol. The Kier molecular flexibility index (Phi) is 4.00. The van der Waals surface area contributed by atoms with E-state index in [2.05, 4.69) is 29.2 Å². The summed E-state index contributed by atoms with van der Waals surface area (Å²) >= 11 is 0. The third-order valence-corrected chi connectivity index (χ3v) is 3.65. The van der Waals surface area contributed by atoms with Crippen LogP contribution in [0.5, 0.6) is 0 Å². The zero-order valence-corrected chi connectivity index (χ0v) is 10.2. The molecule has 1 N–H and O–H groups in total. The van der Waals surface area contributed by atoms with Gasteiger partial charge in [0.25, 0.3) is 0 Å². The summed E-state index contributed by atoms with van der Waals surface area (Å²) in [5.74, 6) is 0. The van der Waals surface area contributed by atoms with E-state index in [0.29, 0.717) is 0 Å². The van der Waals surface area contributed by atoms with E-state index in [1.807, 2.05) is 0 Å². The maximum Gasteiger partial charge on any atom is 0.0217 e. The molecule has 0 bridgehead atoms. The van der Waals surface area contributed by atoms with Crippen LogP contribution in [0.4, 0.5) is 0 Å². The SMILES string of the molecule is CN(C)C1CCCN(CCNC2CC2)C1. The molecule has 0 aromatic heterocycles. The van der Waals surface area contributed by atoms with Crippen LogP contribution in [0.3, 0.4) is 0 Å². The van der Waals surface area contributed by atoms with Crippen molar-refractivity contribution in [3.05, 3.63) is 0 Å². The molecule has 2 fully saturated rings. The Morgan fingerprint density at radius 2 is 2.07 bits per heavy atom. The highest BCUT2D eigenvalue weighted by molar-refractivity contribution is 4.82. The highest BCUT2D eigenvalue weighted by Gasteiger charge is 2.23. The fourth-order valence-corrected chi connectivity index (χ4v) is 2.37. The van der Waals surface area contributed by atoms with E-state index >= 15 is 0 Å². The van der Waals surface area contributed by atoms with Gasteiger partial charge < -0.3 is 15.1 Å². The molecule has 3 heteroatoms. The molecule has 1 saturated heterocycles. The summed E-state index contributed by atoms with van der Waals surface area (Å²) in [5.41, 5.74) is 0. The minimum atomic E-state index is 0.777. The van der Waals surface area contributed by atoms with Gasteiger partial charge in [-0.15, -0.1) is 0 Å². The maximum atomic E-state index is 3.59. The normalized spacial score (nSPS) is 28.6. The molecule has 1 aliphatic heterocycles. The monoisotopic (exact) mass is 211 g/mol. The van der Waals surface area contributed by atoms with Crippen molar-refractivity contribution in [2.45, 2.75) is 37.8 Å². The summed E-state index contributed by atoms with van der Waals surface area (Å²) in [6.45, 7) is 4.99. The number of hydrogen-bond acceptors (Lipinski definition) is 3. The predicted octanol–water partition coefficient (Wildman–Crippen LogP) is 0.764. The highest BCUT2D eigenvalue weighted by Crippen LogP contribution is 2.18. The average molecular weight is 211 g/mol. The molecule has 88 valence electrons. The van der Waals surface area contributed by atoms with Crippen LogP contribution < -0.4 is 5.32 Å². The van der Waals surface area contributed by atoms with E-state index < -0.39 is 0 Å². The molecule has 1 atom stereocenters. The van der Waals surface area contributed by atoms with Crippen molar-refractivity contribution in [2.75, 3.05) is 40.3 Å². The van der Waals surface area contributed by atoms with Crippen molar-refractivity contribution < 1.29 is 0 Å². The lowest BCUT2D eigenvalue weighted by Crippen LogP contribution is -2.47. The largest absolute Gasteiger partial charge is 0.313 e. The quantitative estimate of drug-likeness (QED) is 0.724. The second-order valence-electron chi connectivity index (χ2n) is 5.29. The Hall–Kier alpha value is -0.120. The summed E-state index contributed by atoms with van der Waals surface area (Å²) in [6, 6.07) is 1.64. The van der Waals surface area contributed by atoms with E-state index in [0.717, 1.165) is 12.1 Å². The molecule has 2 rings (SSSR count). The van der Waals surface area contributed by atoms with Gasteiger partial charge in [0.1, 0.15) is 0 Å². The summed E-state index contributed by atoms with van der Waals surface area (Å²) in [7, 11) is 4.41. The van der Waals surface area contributed by atoms with Gasteiger partial charge in [0.2, 0.25) is 0 Å². The lowest BCUT2D eigenvalue weighted by molar-refractivity contribution is 0.134. The maximum absolute atomic E-state index is 3.59. The lowest BCUT2D eigenvalue weighted by Gasteiger charge is -2.36. The molecule has 1 heterocycles. The predicted molar refractivity (Wildman–Crippen MR) is 64.2 cm³/mol. The van der Waals surface area contributed by atoms with Crippen molar-refractivity contribution >= 4 is 0 Å². The van der Waals surface area contributed by atoms with Gasteiger partial charge in [-0.2, -0.15) is 0 Å². The van der Waals surface area contributed by atoms with Gasteiger partial charge in [-0.1, -0.05) is 0 Å². The Morgan fingerprint density at radius 3 is 2.73 bits per heavy atom. The Morgan fingerprint density at radius 1 is 1.27 bits per heavy atom. The highest BCUT2D eigenvalue weighted by atomic mass is 15.2. The smallest absolute Gasteiger partial charge is 0.0217 e. The van der Waals surface area contributed by atoms with Crippen LogP contribution in [0.15, 0.2) is 0 Å². The van der Waals surface area contributed by atoms with Crippen molar-refractivity contribution in [1.29, 1.82) is 0 Å². The number of likely N-dealkylation sites (tertiary alicyclic amines) is 1. The van der Waals surface area contributed by atoms with Gasteiger partial charge >= 0.3 is 0 Å². The number of likely N-dealkylation sites (N-methyl/N-ethyl adjacent to an activating group) is 1. The van der Waals surface area contributed by atoms with E-state index in [1.165, 1.54) is 51.9 Å². The Labute approximate surface area is 93.8 Å². The molecule has 0 radical (unpaired) electrons. The van der Waals surface area contributed by atoms with Crippen LogP contribution in [-0.2, 0) is 0 Å². The second-order valence-corrected chi connectivity index (χ2v) is 5.29. The van der Waals surface area contributed by atoms with E-state index in [1.54, 1.807) is 0 Å². The molecule has 1 unspecified atom stereocenters. The van der Waals surface area contributed by atoms with Crippen LogP contribution in [0.2, 0.25) is 0 Å². The van der Waals surface area contributed by atoms with Crippen LogP contribution in [0.25, 0.3) is 0 Å². The number of rotatable bonds is 5. The van der Waals surface area contributed by atoms with Gasteiger partial charge in [-0.05, 0) is 46.3 Å². The summed E-state index contributed by atoms with van der Waals surface area (Å²) in [5, 5.41) is 3.59. The fourth-order valence-electron chi connectivity index (χ4n) is 2.37. The third-order valence-electron chi connectivity index (χ3n) is 3.65. The van der Waals surface area contributed by atoms with Gasteiger partial charge in [0.05, 0.1) is 0 Å². The fraction of sp³-hybridized carbons (Fsp3) is 1.00. The van der Waals surface area contributed by atoms with Crippen molar-refractivity contribution in [3.63, 3.8) is 0 Å². The first-order valence-electron chi connectivity index (χ1n) is 6.38. The van der Waals surface area contributed by atoms with Crippen molar-refractivity contribution in [2.24, 2.45) is 0 Å². The van der Waals surface area contributed by atoms with Gasteiger partial charge in [-0.25, -0.2) is 0 Å². The second kappa shape index (κ2) is 5.28. The molecular formula is C12H25N3. The zero-order valence-electron chi connectivity index (χ0n) is 10.2. The number of hydrogen-bond donors (Lipinski definition) is 1. The first kappa shape index (κ1) is 11.4. The van der Waals surface area contributed by atoms with Gasteiger partial charge in [0, 0.05) is 31.7 Å². The minimum absolute atomic E-state index is 0.777. The minimum Gasteiger partial charge on any atom is -0.313 e. The van der Waals surface area contributed by atoms with E-state index in [4.69, 9.17) is 0 Å². The average Bonchev–Trinajstić information content (AvgIpc) is 3.02. The van der Waals surface area contributed by atoms with Crippen LogP contribution in [0, 0.1) is 0 Å². The summed E-state index contributed by atoms with van der Waals surface area (Å²) < 4.78 is 0. The molecule has 0 aromatic carbocycles. The van der Waals surface area contributed by atoms with Crippen molar-refractivity contribution in [3.8, 4) is 0 Å². The van der Waals surface area contributed by atoms with Crippen molar-refractivity contribution in [1.82, 2.24) is 15.1 Å². The summed E-state index contributed by atoms with van der Waals surface area (Å²) in [4.78, 5) is 4.99. The molecule has 0 aromatic rings. The summed E-state index contributed by atoms with van der Waals surface area (Å²) in [6.07, 6.45) is 5.55. The van der Waals surface area contributed by atoms with E-state index in [-0.39, 0.29) is 0 Å². The van der Waals surface area contributed by atoms with Crippen LogP contribution in [0.1, 0.15) is 25.7 Å². The van der Waals surface area contributed by atoms with Crippen LogP contribution in [-0.4, -0.2) is 62.2 Å². The molecule has 0 amide bonds. The number of piperidine rings is 1. The lowest BCUT2D eigenvalue weighted by atomic mass is 10.1. The van der Waals surface area contributed by atoms with E-state index in [9.17, 15) is 0 Å².